The average Bonchev–Trinajstić information content (AvgIpc) is 3.20. The van der Waals surface area contributed by atoms with Crippen molar-refractivity contribution >= 4 is 22.1 Å². The van der Waals surface area contributed by atoms with Crippen molar-refractivity contribution in [2.45, 2.75) is 60.3 Å². The molecule has 4 aromatic rings. The van der Waals surface area contributed by atoms with Crippen molar-refractivity contribution < 1.29 is 4.57 Å². The molecule has 4 heteroatoms. The highest BCUT2D eigenvalue weighted by atomic mass is 32.1. The smallest absolute Gasteiger partial charge is 0.213 e. The molecule has 0 amide bonds. The molecule has 0 spiro atoms. The second-order valence-corrected chi connectivity index (χ2v) is 12.6. The van der Waals surface area contributed by atoms with E-state index in [-0.39, 0.29) is 10.8 Å². The lowest BCUT2D eigenvalue weighted by Gasteiger charge is -2.24. The van der Waals surface area contributed by atoms with Gasteiger partial charge in [0.15, 0.2) is 6.20 Å². The van der Waals surface area contributed by atoms with Crippen LogP contribution in [0.1, 0.15) is 63.2 Å². The molecule has 0 fully saturated rings. The second kappa shape index (κ2) is 8.64. The molecule has 0 saturated carbocycles. The van der Waals surface area contributed by atoms with Crippen LogP contribution in [0.3, 0.4) is 0 Å². The molecule has 0 aliphatic rings. The van der Waals surface area contributed by atoms with E-state index >= 15 is 0 Å². The monoisotopic (exact) mass is 468 g/mol. The Morgan fingerprint density at radius 1 is 1.00 bits per heavy atom. The fourth-order valence-corrected chi connectivity index (χ4v) is 5.84. The van der Waals surface area contributed by atoms with E-state index in [1.54, 1.807) is 11.3 Å². The maximum atomic E-state index is 9.93. The van der Waals surface area contributed by atoms with E-state index in [1.807, 2.05) is 19.4 Å². The van der Waals surface area contributed by atoms with Gasteiger partial charge in [0.25, 0.3) is 0 Å². The quantitative estimate of drug-likeness (QED) is 0.292. The summed E-state index contributed by atoms with van der Waals surface area (Å²) in [5, 5.41) is 13.6. The van der Waals surface area contributed by atoms with Crippen LogP contribution in [0.5, 0.6) is 0 Å². The molecular formula is C30H34N3S+. The number of fused-ring (bicyclic) bond motifs is 1. The molecule has 34 heavy (non-hydrogen) atoms. The molecule has 0 N–H and O–H groups in total. The lowest BCUT2D eigenvalue weighted by molar-refractivity contribution is -0.660. The predicted molar refractivity (Wildman–Crippen MR) is 143 cm³/mol. The van der Waals surface area contributed by atoms with Gasteiger partial charge in [-0.25, -0.2) is 4.98 Å². The van der Waals surface area contributed by atoms with Crippen LogP contribution < -0.4 is 4.57 Å². The van der Waals surface area contributed by atoms with Crippen molar-refractivity contribution in [1.29, 1.82) is 5.26 Å². The molecule has 3 nitrogen and oxygen atoms in total. The largest absolute Gasteiger partial charge is 0.249 e. The summed E-state index contributed by atoms with van der Waals surface area (Å²) in [6.07, 6.45) is 4.81. The number of hydrogen-bond acceptors (Lipinski definition) is 3. The van der Waals surface area contributed by atoms with Crippen molar-refractivity contribution in [3.05, 3.63) is 70.5 Å². The molecule has 2 heterocycles. The van der Waals surface area contributed by atoms with Crippen molar-refractivity contribution in [3.8, 4) is 27.8 Å². The van der Waals surface area contributed by atoms with E-state index in [1.165, 1.54) is 27.5 Å². The lowest BCUT2D eigenvalue weighted by Crippen LogP contribution is -2.31. The maximum absolute atomic E-state index is 9.93. The molecule has 0 bridgehead atoms. The van der Waals surface area contributed by atoms with Gasteiger partial charge in [0.2, 0.25) is 5.69 Å². The third-order valence-corrected chi connectivity index (χ3v) is 7.32. The Bertz CT molecular complexity index is 1420. The van der Waals surface area contributed by atoms with E-state index in [4.69, 9.17) is 0 Å². The normalized spacial score (nSPS) is 12.2. The van der Waals surface area contributed by atoms with Crippen molar-refractivity contribution in [1.82, 2.24) is 4.98 Å². The Morgan fingerprint density at radius 3 is 2.29 bits per heavy atom. The second-order valence-electron chi connectivity index (χ2n) is 11.5. The predicted octanol–water partition coefficient (Wildman–Crippen LogP) is 7.52. The zero-order valence-corrected chi connectivity index (χ0v) is 22.4. The van der Waals surface area contributed by atoms with Crippen LogP contribution in [0, 0.1) is 23.7 Å². The topological polar surface area (TPSA) is 40.6 Å². The zero-order chi connectivity index (χ0) is 24.8. The Balaban J connectivity index is 1.95. The summed E-state index contributed by atoms with van der Waals surface area (Å²) in [7, 11) is 2.03. The first-order valence-electron chi connectivity index (χ1n) is 11.8. The molecule has 0 unspecified atom stereocenters. The highest BCUT2D eigenvalue weighted by Crippen LogP contribution is 2.39. The fourth-order valence-electron chi connectivity index (χ4n) is 4.59. The molecular weight excluding hydrogens is 434 g/mol. The van der Waals surface area contributed by atoms with E-state index in [0.29, 0.717) is 5.56 Å². The van der Waals surface area contributed by atoms with Crippen LogP contribution in [0.4, 0.5) is 0 Å². The van der Waals surface area contributed by atoms with Gasteiger partial charge in [-0.2, -0.15) is 9.83 Å². The van der Waals surface area contributed by atoms with E-state index in [0.717, 1.165) is 27.6 Å². The zero-order valence-electron chi connectivity index (χ0n) is 21.6. The number of rotatable bonds is 3. The first kappa shape index (κ1) is 24.1. The van der Waals surface area contributed by atoms with Gasteiger partial charge in [0, 0.05) is 29.8 Å². The summed E-state index contributed by atoms with van der Waals surface area (Å²) < 4.78 is 2.09. The van der Waals surface area contributed by atoms with E-state index in [9.17, 15) is 5.26 Å². The Labute approximate surface area is 207 Å². The Kier molecular flexibility index (Phi) is 6.12. The Morgan fingerprint density at radius 2 is 1.68 bits per heavy atom. The molecule has 0 aliphatic heterocycles. The summed E-state index contributed by atoms with van der Waals surface area (Å²) in [6, 6.07) is 15.6. The number of aromatic nitrogens is 2. The van der Waals surface area contributed by atoms with Gasteiger partial charge in [-0.05, 0) is 45.7 Å². The van der Waals surface area contributed by atoms with Crippen LogP contribution in [-0.4, -0.2) is 4.98 Å². The molecule has 0 radical (unpaired) electrons. The summed E-state index contributed by atoms with van der Waals surface area (Å²) in [6.45, 7) is 15.7. The van der Waals surface area contributed by atoms with Gasteiger partial charge < -0.3 is 0 Å². The number of nitriles is 1. The molecule has 0 aliphatic carbocycles. The van der Waals surface area contributed by atoms with Gasteiger partial charge in [-0.3, -0.25) is 0 Å². The minimum atomic E-state index is 0.00950. The fraction of sp³-hybridized carbons (Fsp3) is 0.367. The Hall–Kier alpha value is -3.03. The number of benzene rings is 2. The molecule has 2 aromatic heterocycles. The van der Waals surface area contributed by atoms with Gasteiger partial charge in [0.05, 0.1) is 9.88 Å². The number of hydrogen-bond donors (Lipinski definition) is 0. The minimum absolute atomic E-state index is 0.00950. The van der Waals surface area contributed by atoms with Gasteiger partial charge in [-0.1, -0.05) is 65.8 Å². The van der Waals surface area contributed by atoms with Crippen LogP contribution >= 0.6 is 11.3 Å². The molecule has 4 rings (SSSR count). The van der Waals surface area contributed by atoms with Gasteiger partial charge in [0.1, 0.15) is 18.7 Å². The van der Waals surface area contributed by atoms with Crippen molar-refractivity contribution in [2.24, 2.45) is 12.5 Å². The standard InChI is InChI=1S/C30H34N3S/c1-19-21-11-9-10-12-22(21)25(30(5,6)7)13-23(19)26-14-24(20(16-31)18-33(26)8)27-17-32-28(34-27)15-29(2,3)4/h9-14,17-18H,15H2,1-8H3/q+1. The van der Waals surface area contributed by atoms with Crippen LogP contribution in [-0.2, 0) is 18.9 Å². The molecule has 0 atom stereocenters. The summed E-state index contributed by atoms with van der Waals surface area (Å²) in [5.41, 5.74) is 6.71. The molecule has 174 valence electrons. The molecule has 0 saturated heterocycles. The maximum Gasteiger partial charge on any atom is 0.213 e. The SMILES string of the molecule is Cc1c(-c2cc(-c3cnc(CC(C)(C)C)s3)c(C#N)c[n+]2C)cc(C(C)(C)C)c2ccccc12. The molecule has 2 aromatic carbocycles. The lowest BCUT2D eigenvalue weighted by atomic mass is 9.80. The first-order valence-corrected chi connectivity index (χ1v) is 12.6. The first-order chi connectivity index (χ1) is 15.9. The van der Waals surface area contributed by atoms with Gasteiger partial charge >= 0.3 is 0 Å². The van der Waals surface area contributed by atoms with Crippen LogP contribution in [0.25, 0.3) is 32.5 Å². The van der Waals surface area contributed by atoms with Gasteiger partial charge in [-0.15, -0.1) is 11.3 Å². The van der Waals surface area contributed by atoms with Crippen LogP contribution in [0.2, 0.25) is 0 Å². The number of pyridine rings is 1. The van der Waals surface area contributed by atoms with Crippen molar-refractivity contribution in [2.75, 3.05) is 0 Å². The third kappa shape index (κ3) is 4.63. The third-order valence-electron chi connectivity index (χ3n) is 6.29. The van der Waals surface area contributed by atoms with Crippen LogP contribution in [0.15, 0.2) is 48.8 Å². The van der Waals surface area contributed by atoms with E-state index < -0.39 is 0 Å². The highest BCUT2D eigenvalue weighted by Gasteiger charge is 2.25. The number of thiazole rings is 1. The van der Waals surface area contributed by atoms with Crippen molar-refractivity contribution in [3.63, 3.8) is 0 Å². The number of nitrogens with zero attached hydrogens (tertiary/aromatic N) is 3. The summed E-state index contributed by atoms with van der Waals surface area (Å²) in [4.78, 5) is 5.73. The summed E-state index contributed by atoms with van der Waals surface area (Å²) in [5.74, 6) is 0. The minimum Gasteiger partial charge on any atom is -0.249 e. The average molecular weight is 469 g/mol. The highest BCUT2D eigenvalue weighted by molar-refractivity contribution is 7.15. The number of aryl methyl sites for hydroxylation is 2. The van der Waals surface area contributed by atoms with E-state index in [2.05, 4.69) is 100 Å². The summed E-state index contributed by atoms with van der Waals surface area (Å²) >= 11 is 1.69.